The fraction of sp³-hybridized carbons (Fsp3) is 0.478. The minimum atomic E-state index is -1.37. The summed E-state index contributed by atoms with van der Waals surface area (Å²) in [7, 11) is -1.37. The van der Waals surface area contributed by atoms with E-state index in [-0.39, 0.29) is 41.1 Å². The van der Waals surface area contributed by atoms with Gasteiger partial charge in [0.1, 0.15) is 5.75 Å². The summed E-state index contributed by atoms with van der Waals surface area (Å²) >= 11 is 0. The molecule has 2 aliphatic rings. The molecular formula is C23H26N3NaO4S. The Morgan fingerprint density at radius 3 is 2.69 bits per heavy atom. The Balaban J connectivity index is 0.00000245. The van der Waals surface area contributed by atoms with E-state index in [9.17, 15) is 4.21 Å². The van der Waals surface area contributed by atoms with Crippen LogP contribution in [0.15, 0.2) is 41.7 Å². The largest absolute Gasteiger partial charge is 1.00 e. The Morgan fingerprint density at radius 1 is 1.19 bits per heavy atom. The number of aromatic nitrogens is 3. The molecule has 9 heteroatoms. The maximum Gasteiger partial charge on any atom is 1.00 e. The maximum atomic E-state index is 12.9. The molecule has 2 fully saturated rings. The number of hydrogen-bond acceptors (Lipinski definition) is 6. The molecule has 1 atom stereocenters. The van der Waals surface area contributed by atoms with Crippen molar-refractivity contribution in [1.29, 1.82) is 0 Å². The molecular weight excluding hydrogens is 437 g/mol. The molecule has 3 heterocycles. The molecule has 7 nitrogen and oxygen atoms in total. The molecule has 1 spiro atoms. The van der Waals surface area contributed by atoms with Gasteiger partial charge >= 0.3 is 29.6 Å². The summed E-state index contributed by atoms with van der Waals surface area (Å²) in [6, 6.07) is 9.42. The quantitative estimate of drug-likeness (QED) is 0.493. The zero-order valence-electron chi connectivity index (χ0n) is 18.6. The number of imidazole rings is 1. The first-order chi connectivity index (χ1) is 15.1. The van der Waals surface area contributed by atoms with Gasteiger partial charge in [0.2, 0.25) is 0 Å². The summed E-state index contributed by atoms with van der Waals surface area (Å²) < 4.78 is 30.6. The van der Waals surface area contributed by atoms with Gasteiger partial charge in [-0.2, -0.15) is 0 Å². The zero-order valence-corrected chi connectivity index (χ0v) is 21.4. The molecule has 1 aliphatic carbocycles. The standard InChI is InChI=1S/C23H26N3O4S.Na/c1-16-20(15-31(27)22-25-18-4-2-3-5-19(18)26-22)24-11-8-21(16)28-14-17-6-9-23(10-7-17)29-12-13-30-23;/h2-5,8,11,17H,6-7,9-10,12-15H2,1H3;/q-1;+1. The van der Waals surface area contributed by atoms with Crippen LogP contribution in [0.4, 0.5) is 0 Å². The van der Waals surface area contributed by atoms with Crippen molar-refractivity contribution in [3.63, 3.8) is 0 Å². The Bertz CT molecular complexity index is 1060. The van der Waals surface area contributed by atoms with Crippen molar-refractivity contribution in [2.75, 3.05) is 19.8 Å². The van der Waals surface area contributed by atoms with Crippen LogP contribution in [0.5, 0.6) is 5.75 Å². The molecule has 32 heavy (non-hydrogen) atoms. The van der Waals surface area contributed by atoms with Crippen molar-refractivity contribution in [3.8, 4) is 5.75 Å². The number of nitrogens with zero attached hydrogens (tertiary/aromatic N) is 3. The van der Waals surface area contributed by atoms with E-state index >= 15 is 0 Å². The molecule has 1 aromatic carbocycles. The number of para-hydroxylation sites is 2. The summed E-state index contributed by atoms with van der Waals surface area (Å²) in [6.45, 7) is 4.02. The van der Waals surface area contributed by atoms with Crippen molar-refractivity contribution < 1.29 is 48.0 Å². The van der Waals surface area contributed by atoms with E-state index in [1.807, 2.05) is 37.3 Å². The van der Waals surface area contributed by atoms with Gasteiger partial charge in [-0.25, -0.2) is 0 Å². The van der Waals surface area contributed by atoms with Crippen LogP contribution in [0.3, 0.4) is 0 Å². The molecule has 1 unspecified atom stereocenters. The van der Waals surface area contributed by atoms with Crippen molar-refractivity contribution >= 4 is 21.8 Å². The molecule has 164 valence electrons. The van der Waals surface area contributed by atoms with Gasteiger partial charge in [-0.1, -0.05) is 24.3 Å². The van der Waals surface area contributed by atoms with Crippen molar-refractivity contribution in [1.82, 2.24) is 15.0 Å². The predicted octanol–water partition coefficient (Wildman–Crippen LogP) is 0.519. The second-order valence-electron chi connectivity index (χ2n) is 8.23. The van der Waals surface area contributed by atoms with E-state index in [2.05, 4.69) is 15.0 Å². The van der Waals surface area contributed by atoms with E-state index in [1.165, 1.54) is 0 Å². The third kappa shape index (κ3) is 5.11. The Morgan fingerprint density at radius 2 is 1.94 bits per heavy atom. The first-order valence-corrected chi connectivity index (χ1v) is 12.1. The molecule has 2 aromatic heterocycles. The third-order valence-electron chi connectivity index (χ3n) is 6.20. The van der Waals surface area contributed by atoms with E-state index < -0.39 is 10.8 Å². The van der Waals surface area contributed by atoms with Crippen LogP contribution < -0.4 is 39.3 Å². The minimum Gasteiger partial charge on any atom is -0.493 e. The van der Waals surface area contributed by atoms with Crippen LogP contribution in [-0.2, 0) is 26.0 Å². The van der Waals surface area contributed by atoms with Crippen LogP contribution >= 0.6 is 0 Å². The Kier molecular flexibility index (Phi) is 7.69. The van der Waals surface area contributed by atoms with E-state index in [1.54, 1.807) is 6.20 Å². The summed E-state index contributed by atoms with van der Waals surface area (Å²) in [4.78, 5) is 13.2. The van der Waals surface area contributed by atoms with Crippen LogP contribution in [-0.4, -0.2) is 39.8 Å². The maximum absolute atomic E-state index is 12.9. The van der Waals surface area contributed by atoms with Crippen LogP contribution in [0.25, 0.3) is 11.0 Å². The molecule has 5 rings (SSSR count). The molecule has 0 bridgehead atoms. The Hall–Kier alpha value is -1.29. The summed E-state index contributed by atoms with van der Waals surface area (Å²) in [5.41, 5.74) is 3.19. The molecule has 1 saturated heterocycles. The molecule has 3 aromatic rings. The van der Waals surface area contributed by atoms with Gasteiger partial charge < -0.3 is 24.2 Å². The topological polar surface area (TPSA) is 84.6 Å². The van der Waals surface area contributed by atoms with Crippen molar-refractivity contribution in [2.45, 2.75) is 49.3 Å². The monoisotopic (exact) mass is 463 g/mol. The average molecular weight is 464 g/mol. The number of pyridine rings is 1. The van der Waals surface area contributed by atoms with Gasteiger partial charge in [0, 0.05) is 29.8 Å². The van der Waals surface area contributed by atoms with Gasteiger partial charge in [-0.3, -0.25) is 9.19 Å². The van der Waals surface area contributed by atoms with Crippen molar-refractivity contribution in [2.24, 2.45) is 5.92 Å². The molecule has 1 aliphatic heterocycles. The SMILES string of the molecule is Cc1c(OCC2CCC3(CC2)OCCO3)ccnc1CS(=O)c1nc2ccccc2[n-]1.[Na+]. The van der Waals surface area contributed by atoms with E-state index in [0.717, 1.165) is 53.7 Å². The number of hydrogen-bond donors (Lipinski definition) is 0. The second kappa shape index (κ2) is 10.3. The number of fused-ring (bicyclic) bond motifs is 1. The fourth-order valence-corrected chi connectivity index (χ4v) is 5.38. The summed E-state index contributed by atoms with van der Waals surface area (Å²) in [5, 5.41) is 0.348. The second-order valence-corrected chi connectivity index (χ2v) is 9.57. The van der Waals surface area contributed by atoms with Gasteiger partial charge in [0.05, 0.1) is 42.1 Å². The first kappa shape index (κ1) is 23.9. The van der Waals surface area contributed by atoms with Crippen LogP contribution in [0, 0.1) is 12.8 Å². The predicted molar refractivity (Wildman–Crippen MR) is 116 cm³/mol. The number of benzene rings is 1. The minimum absolute atomic E-state index is 0. The molecule has 1 saturated carbocycles. The van der Waals surface area contributed by atoms with Crippen LogP contribution in [0.1, 0.15) is 36.9 Å². The van der Waals surface area contributed by atoms with Crippen LogP contribution in [0.2, 0.25) is 0 Å². The molecule has 0 N–H and O–H groups in total. The summed E-state index contributed by atoms with van der Waals surface area (Å²) in [6.07, 6.45) is 5.63. The third-order valence-corrected chi connectivity index (χ3v) is 7.32. The smallest absolute Gasteiger partial charge is 0.493 e. The zero-order chi connectivity index (χ0) is 21.3. The number of ether oxygens (including phenoxy) is 3. The summed E-state index contributed by atoms with van der Waals surface area (Å²) in [5.74, 6) is 1.20. The number of rotatable bonds is 6. The molecule has 0 radical (unpaired) electrons. The van der Waals surface area contributed by atoms with Gasteiger partial charge in [-0.05, 0) is 42.8 Å². The van der Waals surface area contributed by atoms with Crippen molar-refractivity contribution in [3.05, 3.63) is 47.8 Å². The van der Waals surface area contributed by atoms with E-state index in [4.69, 9.17) is 14.2 Å². The first-order valence-electron chi connectivity index (χ1n) is 10.7. The Labute approximate surface area is 212 Å². The molecule has 0 amide bonds. The van der Waals surface area contributed by atoms with E-state index in [0.29, 0.717) is 30.9 Å². The normalized spacial score (nSPS) is 19.2. The average Bonchev–Trinajstić information content (AvgIpc) is 3.43. The van der Waals surface area contributed by atoms with Gasteiger partial charge in [0.15, 0.2) is 5.79 Å². The fourth-order valence-electron chi connectivity index (χ4n) is 4.31. The van der Waals surface area contributed by atoms with Gasteiger partial charge in [0.25, 0.3) is 0 Å². The van der Waals surface area contributed by atoms with Gasteiger partial charge in [-0.15, -0.1) is 0 Å².